The van der Waals surface area contributed by atoms with Crippen molar-refractivity contribution in [2.75, 3.05) is 27.9 Å². The zero-order chi connectivity index (χ0) is 23.9. The van der Waals surface area contributed by atoms with Gasteiger partial charge >= 0.3 is 0 Å². The fourth-order valence-corrected chi connectivity index (χ4v) is 6.00. The predicted octanol–water partition coefficient (Wildman–Crippen LogP) is 2.82. The maximum absolute atomic E-state index is 13.7. The number of piperidine rings is 1. The van der Waals surface area contributed by atoms with Gasteiger partial charge in [-0.3, -0.25) is 9.59 Å². The first kappa shape index (κ1) is 20.9. The summed E-state index contributed by atoms with van der Waals surface area (Å²) in [5.41, 5.74) is 4.30. The van der Waals surface area contributed by atoms with E-state index in [1.807, 2.05) is 6.92 Å². The van der Waals surface area contributed by atoms with Gasteiger partial charge in [0.25, 0.3) is 5.91 Å². The molecule has 0 unspecified atom stereocenters. The standard InChI is InChI=1S/C25H25N3O6/c1-11-14(10-29)19-21(26-11)16(30)7-18-25(19)8-13(25)9-28(18)24(31)15-5-12-6-17(32-2)22(33-3)23(34-4)20(12)27-15/h5-7,13,26-27,29H,8-10H2,1-4H3/t13-,25+/m1/s1. The lowest BCUT2D eigenvalue weighted by Crippen LogP contribution is -2.34. The Hall–Kier alpha value is -3.72. The largest absolute Gasteiger partial charge is 0.493 e. The number of aromatic nitrogens is 2. The van der Waals surface area contributed by atoms with Gasteiger partial charge in [0.15, 0.2) is 11.5 Å². The molecule has 1 aromatic carbocycles. The number of nitrogens with one attached hydrogen (secondary N) is 2. The number of fused-ring (bicyclic) bond motifs is 2. The number of hydrogen-bond donors (Lipinski definition) is 3. The number of aliphatic hydroxyl groups is 1. The monoisotopic (exact) mass is 463 g/mol. The van der Waals surface area contributed by atoms with Crippen LogP contribution in [-0.4, -0.2) is 59.5 Å². The molecule has 3 N–H and O–H groups in total. The number of allylic oxidation sites excluding steroid dienone is 2. The second-order valence-corrected chi connectivity index (χ2v) is 9.11. The first-order valence-corrected chi connectivity index (χ1v) is 11.1. The fourth-order valence-electron chi connectivity index (χ4n) is 6.00. The molecule has 0 bridgehead atoms. The highest BCUT2D eigenvalue weighted by Gasteiger charge is 2.68. The van der Waals surface area contributed by atoms with Gasteiger partial charge in [0.05, 0.1) is 39.1 Å². The molecule has 176 valence electrons. The van der Waals surface area contributed by atoms with Crippen LogP contribution in [0.4, 0.5) is 0 Å². The van der Waals surface area contributed by atoms with Crippen LogP contribution in [0.3, 0.4) is 0 Å². The number of amides is 1. The highest BCUT2D eigenvalue weighted by Crippen LogP contribution is 2.67. The molecule has 3 aliphatic rings. The number of ether oxygens (including phenoxy) is 3. The number of ketones is 1. The maximum Gasteiger partial charge on any atom is 0.274 e. The number of methoxy groups -OCH3 is 3. The SMILES string of the molecule is COc1cc2cc(C(=O)N3C[C@H]4C[C@@]45C3=CC(=O)c3[nH]c(C)c(CO)c35)[nH]c2c(OC)c1OC. The summed E-state index contributed by atoms with van der Waals surface area (Å²) in [6.07, 6.45) is 2.45. The number of rotatable bonds is 5. The van der Waals surface area contributed by atoms with E-state index in [1.54, 1.807) is 30.2 Å². The van der Waals surface area contributed by atoms with Crippen LogP contribution < -0.4 is 14.2 Å². The number of aromatic amines is 2. The molecule has 2 aromatic heterocycles. The van der Waals surface area contributed by atoms with E-state index < -0.39 is 5.41 Å². The van der Waals surface area contributed by atoms with Crippen molar-refractivity contribution in [1.82, 2.24) is 14.9 Å². The van der Waals surface area contributed by atoms with Crippen molar-refractivity contribution in [2.45, 2.75) is 25.4 Å². The summed E-state index contributed by atoms with van der Waals surface area (Å²) >= 11 is 0. The van der Waals surface area contributed by atoms with E-state index in [2.05, 4.69) is 9.97 Å². The van der Waals surface area contributed by atoms with Crippen molar-refractivity contribution < 1.29 is 28.9 Å². The van der Waals surface area contributed by atoms with Crippen molar-refractivity contribution in [2.24, 2.45) is 5.92 Å². The Bertz CT molecular complexity index is 1430. The predicted molar refractivity (Wildman–Crippen MR) is 123 cm³/mol. The lowest BCUT2D eigenvalue weighted by Gasteiger charge is -2.28. The first-order valence-electron chi connectivity index (χ1n) is 11.1. The van der Waals surface area contributed by atoms with Crippen LogP contribution in [0.25, 0.3) is 10.9 Å². The minimum Gasteiger partial charge on any atom is -0.493 e. The Morgan fingerprint density at radius 2 is 1.94 bits per heavy atom. The maximum atomic E-state index is 13.7. The Labute approximate surface area is 195 Å². The third kappa shape index (κ3) is 2.42. The molecule has 1 saturated carbocycles. The highest BCUT2D eigenvalue weighted by molar-refractivity contribution is 6.09. The molecule has 34 heavy (non-hydrogen) atoms. The molecule has 2 fully saturated rings. The Kier molecular flexibility index (Phi) is 4.23. The number of aryl methyl sites for hydroxylation is 1. The average molecular weight is 463 g/mol. The van der Waals surface area contributed by atoms with Gasteiger partial charge in [-0.05, 0) is 37.0 Å². The number of hydrogen-bond acceptors (Lipinski definition) is 6. The van der Waals surface area contributed by atoms with E-state index in [0.29, 0.717) is 40.7 Å². The van der Waals surface area contributed by atoms with Crippen LogP contribution in [-0.2, 0) is 12.0 Å². The average Bonchev–Trinajstić information content (AvgIpc) is 3.12. The van der Waals surface area contributed by atoms with E-state index in [0.717, 1.165) is 34.3 Å². The summed E-state index contributed by atoms with van der Waals surface area (Å²) < 4.78 is 16.4. The molecule has 9 heteroatoms. The van der Waals surface area contributed by atoms with Gasteiger partial charge in [0.1, 0.15) is 5.69 Å². The lowest BCUT2D eigenvalue weighted by molar-refractivity contribution is 0.0806. The number of benzene rings is 1. The van der Waals surface area contributed by atoms with Crippen molar-refractivity contribution in [3.8, 4) is 17.2 Å². The number of carbonyl (C=O) groups excluding carboxylic acids is 2. The number of aliphatic hydroxyl groups excluding tert-OH is 1. The van der Waals surface area contributed by atoms with Crippen LogP contribution in [0.15, 0.2) is 23.9 Å². The topological polar surface area (TPSA) is 117 Å². The number of nitrogens with zero attached hydrogens (tertiary/aromatic N) is 1. The Balaban J connectivity index is 1.43. The molecule has 2 aliphatic carbocycles. The molecule has 1 spiro atoms. The molecule has 1 saturated heterocycles. The molecule has 3 heterocycles. The van der Waals surface area contributed by atoms with Gasteiger partial charge < -0.3 is 34.2 Å². The fraction of sp³-hybridized carbons (Fsp3) is 0.360. The van der Waals surface area contributed by atoms with Crippen LogP contribution >= 0.6 is 0 Å². The second-order valence-electron chi connectivity index (χ2n) is 9.11. The minimum atomic E-state index is -0.391. The zero-order valence-electron chi connectivity index (χ0n) is 19.4. The van der Waals surface area contributed by atoms with Crippen LogP contribution in [0.5, 0.6) is 17.2 Å². The molecule has 3 aromatic rings. The summed E-state index contributed by atoms with van der Waals surface area (Å²) in [5.74, 6) is 1.21. The summed E-state index contributed by atoms with van der Waals surface area (Å²) in [7, 11) is 4.60. The van der Waals surface area contributed by atoms with Gasteiger partial charge in [0.2, 0.25) is 11.5 Å². The van der Waals surface area contributed by atoms with Crippen LogP contribution in [0, 0.1) is 12.8 Å². The second kappa shape index (κ2) is 6.89. The molecular formula is C25H25N3O6. The van der Waals surface area contributed by atoms with Gasteiger partial charge in [-0.25, -0.2) is 0 Å². The molecule has 0 radical (unpaired) electrons. The first-order chi connectivity index (χ1) is 16.4. The van der Waals surface area contributed by atoms with E-state index in [-0.39, 0.29) is 24.2 Å². The van der Waals surface area contributed by atoms with Gasteiger partial charge in [-0.1, -0.05) is 0 Å². The zero-order valence-corrected chi connectivity index (χ0v) is 19.4. The van der Waals surface area contributed by atoms with Crippen LogP contribution in [0.1, 0.15) is 44.2 Å². The van der Waals surface area contributed by atoms with E-state index in [4.69, 9.17) is 14.2 Å². The van der Waals surface area contributed by atoms with Crippen molar-refractivity contribution in [3.05, 3.63) is 52.1 Å². The molecular weight excluding hydrogens is 438 g/mol. The van der Waals surface area contributed by atoms with Crippen molar-refractivity contribution in [1.29, 1.82) is 0 Å². The Morgan fingerprint density at radius 1 is 1.18 bits per heavy atom. The molecule has 9 nitrogen and oxygen atoms in total. The lowest BCUT2D eigenvalue weighted by atomic mass is 9.82. The van der Waals surface area contributed by atoms with Gasteiger partial charge in [-0.2, -0.15) is 0 Å². The third-order valence-corrected chi connectivity index (χ3v) is 7.59. The number of carbonyl (C=O) groups is 2. The summed E-state index contributed by atoms with van der Waals surface area (Å²) in [6.45, 7) is 2.24. The smallest absolute Gasteiger partial charge is 0.274 e. The molecule has 1 amide bonds. The third-order valence-electron chi connectivity index (χ3n) is 7.59. The van der Waals surface area contributed by atoms with E-state index >= 15 is 0 Å². The molecule has 1 aliphatic heterocycles. The van der Waals surface area contributed by atoms with Crippen LogP contribution in [0.2, 0.25) is 0 Å². The minimum absolute atomic E-state index is 0.147. The number of likely N-dealkylation sites (tertiary alicyclic amines) is 1. The van der Waals surface area contributed by atoms with Crippen molar-refractivity contribution in [3.63, 3.8) is 0 Å². The summed E-state index contributed by atoms with van der Waals surface area (Å²) in [6, 6.07) is 3.55. The number of H-pyrrole nitrogens is 2. The van der Waals surface area contributed by atoms with E-state index in [9.17, 15) is 14.7 Å². The van der Waals surface area contributed by atoms with Gasteiger partial charge in [0, 0.05) is 40.4 Å². The Morgan fingerprint density at radius 3 is 2.62 bits per heavy atom. The molecule has 2 atom stereocenters. The van der Waals surface area contributed by atoms with Gasteiger partial charge in [-0.15, -0.1) is 0 Å². The highest BCUT2D eigenvalue weighted by atomic mass is 16.5. The molecule has 6 rings (SSSR count). The quantitative estimate of drug-likeness (QED) is 0.536. The summed E-state index contributed by atoms with van der Waals surface area (Å²) in [5, 5.41) is 10.7. The summed E-state index contributed by atoms with van der Waals surface area (Å²) in [4.78, 5) is 34.7. The normalized spacial score (nSPS) is 22.3. The van der Waals surface area contributed by atoms with E-state index in [1.165, 1.54) is 14.2 Å². The van der Waals surface area contributed by atoms with Crippen molar-refractivity contribution >= 4 is 22.6 Å².